The lowest BCUT2D eigenvalue weighted by Gasteiger charge is -2.31. The van der Waals surface area contributed by atoms with Crippen molar-refractivity contribution in [2.24, 2.45) is 10.9 Å². The number of carbonyl (C=O) groups excluding carboxylic acids is 2. The SMILES string of the molecule is COC(=O)C[C@H](C(=O)Cc1ccccc1CC[C@@H]1CN[C@H](C2=Nc3ccc(S(C)(=O)=O)cc3C2)CO1)C(c1ccccc1)c1ccccc1. The van der Waals surface area contributed by atoms with E-state index < -0.39 is 21.7 Å². The average molecular weight is 679 g/mol. The van der Waals surface area contributed by atoms with Gasteiger partial charge in [0.15, 0.2) is 9.84 Å². The summed E-state index contributed by atoms with van der Waals surface area (Å²) in [6.45, 7) is 1.14. The fourth-order valence-corrected chi connectivity index (χ4v) is 7.60. The smallest absolute Gasteiger partial charge is 0.306 e. The van der Waals surface area contributed by atoms with Crippen LogP contribution in [0.1, 0.15) is 46.6 Å². The number of fused-ring (bicyclic) bond motifs is 1. The van der Waals surface area contributed by atoms with Gasteiger partial charge in [0.1, 0.15) is 5.78 Å². The Morgan fingerprint density at radius 1 is 0.918 bits per heavy atom. The fraction of sp³-hybridized carbons (Fsp3) is 0.325. The Labute approximate surface area is 288 Å². The molecule has 9 heteroatoms. The Hall–Kier alpha value is -4.44. The molecule has 1 saturated heterocycles. The van der Waals surface area contributed by atoms with E-state index in [1.807, 2.05) is 78.9 Å². The van der Waals surface area contributed by atoms with E-state index in [2.05, 4.69) is 11.4 Å². The molecule has 4 aromatic rings. The van der Waals surface area contributed by atoms with Crippen LogP contribution < -0.4 is 5.32 Å². The van der Waals surface area contributed by atoms with Crippen molar-refractivity contribution in [2.45, 2.75) is 55.1 Å². The lowest BCUT2D eigenvalue weighted by atomic mass is 9.75. The molecule has 0 bridgehead atoms. The van der Waals surface area contributed by atoms with Crippen molar-refractivity contribution in [3.8, 4) is 0 Å². The quantitative estimate of drug-likeness (QED) is 0.177. The number of methoxy groups -OCH3 is 1. The second kappa shape index (κ2) is 15.4. The van der Waals surface area contributed by atoms with Gasteiger partial charge in [-0.25, -0.2) is 8.42 Å². The Morgan fingerprint density at radius 2 is 1.57 bits per heavy atom. The van der Waals surface area contributed by atoms with Crippen LogP contribution in [0.15, 0.2) is 113 Å². The molecule has 2 aliphatic heterocycles. The van der Waals surface area contributed by atoms with Crippen molar-refractivity contribution in [3.63, 3.8) is 0 Å². The number of morpholine rings is 1. The third-order valence-corrected chi connectivity index (χ3v) is 10.7. The van der Waals surface area contributed by atoms with E-state index in [9.17, 15) is 18.0 Å². The Bertz CT molecular complexity index is 1880. The third-order valence-electron chi connectivity index (χ3n) is 9.57. The van der Waals surface area contributed by atoms with Gasteiger partial charge in [-0.2, -0.15) is 0 Å². The number of ketones is 1. The lowest BCUT2D eigenvalue weighted by Crippen LogP contribution is -2.50. The first-order valence-corrected chi connectivity index (χ1v) is 18.6. The maximum atomic E-state index is 14.2. The minimum absolute atomic E-state index is 0.00373. The summed E-state index contributed by atoms with van der Waals surface area (Å²) < 4.78 is 35.4. The molecule has 6 rings (SSSR count). The van der Waals surface area contributed by atoms with Gasteiger partial charge in [0.2, 0.25) is 0 Å². The van der Waals surface area contributed by atoms with Crippen molar-refractivity contribution in [2.75, 3.05) is 26.5 Å². The van der Waals surface area contributed by atoms with Crippen LogP contribution in [-0.4, -0.2) is 64.5 Å². The number of aryl methyl sites for hydroxylation is 1. The number of aliphatic imine (C=N–C) groups is 1. The van der Waals surface area contributed by atoms with Crippen LogP contribution in [-0.2, 0) is 48.2 Å². The highest BCUT2D eigenvalue weighted by Crippen LogP contribution is 2.36. The monoisotopic (exact) mass is 678 g/mol. The first-order valence-electron chi connectivity index (χ1n) is 16.7. The molecule has 2 aliphatic rings. The molecule has 1 N–H and O–H groups in total. The van der Waals surface area contributed by atoms with Crippen LogP contribution in [0.4, 0.5) is 5.69 Å². The van der Waals surface area contributed by atoms with E-state index in [0.29, 0.717) is 24.5 Å². The van der Waals surface area contributed by atoms with Gasteiger partial charge in [-0.3, -0.25) is 14.6 Å². The van der Waals surface area contributed by atoms with Crippen molar-refractivity contribution < 1.29 is 27.5 Å². The molecule has 0 amide bonds. The summed E-state index contributed by atoms with van der Waals surface area (Å²) in [4.78, 5) is 32.0. The maximum absolute atomic E-state index is 14.2. The molecular weight excluding hydrogens is 637 g/mol. The normalized spacial score (nSPS) is 18.1. The number of sulfone groups is 1. The Kier molecular flexibility index (Phi) is 10.8. The summed E-state index contributed by atoms with van der Waals surface area (Å²) in [6.07, 6.45) is 3.52. The zero-order valence-corrected chi connectivity index (χ0v) is 28.7. The second-order valence-electron chi connectivity index (χ2n) is 12.9. The molecule has 0 unspecified atom stereocenters. The van der Waals surface area contributed by atoms with Crippen LogP contribution in [0, 0.1) is 5.92 Å². The number of Topliss-reactive ketones (excluding diaryl/α,β-unsaturated/α-hetero) is 1. The van der Waals surface area contributed by atoms with Crippen LogP contribution in [0.2, 0.25) is 0 Å². The largest absolute Gasteiger partial charge is 0.469 e. The molecule has 8 nitrogen and oxygen atoms in total. The van der Waals surface area contributed by atoms with Gasteiger partial charge in [0.05, 0.1) is 42.9 Å². The van der Waals surface area contributed by atoms with Crippen molar-refractivity contribution in [3.05, 3.63) is 131 Å². The number of hydrogen-bond donors (Lipinski definition) is 1. The number of rotatable bonds is 13. The number of benzene rings is 4. The molecule has 0 aliphatic carbocycles. The standard InChI is InChI=1S/C40H42N2O6S/c1-47-39(44)24-34(40(28-12-5-3-6-13-28)29-14-7-4-8-15-29)38(43)23-30-16-10-9-11-27(30)17-18-32-25-41-37(26-48-32)36-22-31-21-33(49(2,45)46)19-20-35(31)42-36/h3-16,19-21,32,34,37,40-41H,17-18,22-26H2,1-2H3/t32-,34-,37+/m1/s1. The molecule has 2 heterocycles. The number of hydrogen-bond acceptors (Lipinski definition) is 8. The minimum atomic E-state index is -3.28. The molecule has 0 spiro atoms. The van der Waals surface area contributed by atoms with Crippen LogP contribution in [0.25, 0.3) is 0 Å². The van der Waals surface area contributed by atoms with Crippen molar-refractivity contribution in [1.29, 1.82) is 0 Å². The summed E-state index contributed by atoms with van der Waals surface area (Å²) in [6, 6.07) is 32.9. The van der Waals surface area contributed by atoms with Crippen LogP contribution >= 0.6 is 0 Å². The summed E-state index contributed by atoms with van der Waals surface area (Å²) >= 11 is 0. The molecule has 0 radical (unpaired) electrons. The molecule has 4 aromatic carbocycles. The number of nitrogens with zero attached hydrogens (tertiary/aromatic N) is 1. The number of nitrogens with one attached hydrogen (secondary N) is 1. The van der Waals surface area contributed by atoms with E-state index in [4.69, 9.17) is 14.5 Å². The summed E-state index contributed by atoms with van der Waals surface area (Å²) in [7, 11) is -1.92. The molecular formula is C40H42N2O6S. The highest BCUT2D eigenvalue weighted by Gasteiger charge is 2.34. The average Bonchev–Trinajstić information content (AvgIpc) is 3.55. The van der Waals surface area contributed by atoms with E-state index in [0.717, 1.165) is 52.1 Å². The van der Waals surface area contributed by atoms with Gasteiger partial charge in [-0.05, 0) is 58.9 Å². The van der Waals surface area contributed by atoms with Crippen molar-refractivity contribution >= 4 is 33.0 Å². The highest BCUT2D eigenvalue weighted by atomic mass is 32.2. The Balaban J connectivity index is 1.10. The van der Waals surface area contributed by atoms with E-state index in [1.165, 1.54) is 13.4 Å². The molecule has 0 aromatic heterocycles. The van der Waals surface area contributed by atoms with Gasteiger partial charge < -0.3 is 14.8 Å². The number of esters is 1. The molecule has 0 saturated carbocycles. The Morgan fingerprint density at radius 3 is 2.18 bits per heavy atom. The van der Waals surface area contributed by atoms with E-state index >= 15 is 0 Å². The van der Waals surface area contributed by atoms with Gasteiger partial charge in [-0.15, -0.1) is 0 Å². The molecule has 1 fully saturated rings. The van der Waals surface area contributed by atoms with Gasteiger partial charge in [-0.1, -0.05) is 84.9 Å². The van der Waals surface area contributed by atoms with Gasteiger partial charge >= 0.3 is 5.97 Å². The minimum Gasteiger partial charge on any atom is -0.469 e. The van der Waals surface area contributed by atoms with E-state index in [1.54, 1.807) is 18.2 Å². The predicted molar refractivity (Wildman–Crippen MR) is 190 cm³/mol. The predicted octanol–water partition coefficient (Wildman–Crippen LogP) is 5.83. The highest BCUT2D eigenvalue weighted by molar-refractivity contribution is 7.90. The number of ether oxygens (including phenoxy) is 2. The topological polar surface area (TPSA) is 111 Å². The third kappa shape index (κ3) is 8.41. The summed E-state index contributed by atoms with van der Waals surface area (Å²) in [5.74, 6) is -1.31. The molecule has 3 atom stereocenters. The molecule has 49 heavy (non-hydrogen) atoms. The fourth-order valence-electron chi connectivity index (χ4n) is 6.92. The van der Waals surface area contributed by atoms with Crippen LogP contribution in [0.3, 0.4) is 0 Å². The first-order chi connectivity index (χ1) is 23.7. The maximum Gasteiger partial charge on any atom is 0.306 e. The van der Waals surface area contributed by atoms with Gasteiger partial charge in [0, 0.05) is 43.2 Å². The lowest BCUT2D eigenvalue weighted by molar-refractivity contribution is -0.144. The summed E-state index contributed by atoms with van der Waals surface area (Å²) in [5.41, 5.74) is 6.69. The zero-order chi connectivity index (χ0) is 34.4. The van der Waals surface area contributed by atoms with Crippen LogP contribution in [0.5, 0.6) is 0 Å². The van der Waals surface area contributed by atoms with E-state index in [-0.39, 0.29) is 36.7 Å². The second-order valence-corrected chi connectivity index (χ2v) is 14.9. The zero-order valence-electron chi connectivity index (χ0n) is 27.9. The summed E-state index contributed by atoms with van der Waals surface area (Å²) in [5, 5.41) is 3.58. The van der Waals surface area contributed by atoms with Gasteiger partial charge in [0.25, 0.3) is 0 Å². The first kappa shape index (κ1) is 34.4. The number of carbonyl (C=O) groups is 2. The molecule has 254 valence electrons. The van der Waals surface area contributed by atoms with Crippen molar-refractivity contribution in [1.82, 2.24) is 5.32 Å².